The molecule has 0 spiro atoms. The molecular formula is C12H14O3. The number of hydrogen-bond acceptors (Lipinski definition) is 3. The van der Waals surface area contributed by atoms with Gasteiger partial charge in [0.2, 0.25) is 0 Å². The van der Waals surface area contributed by atoms with Gasteiger partial charge in [0.1, 0.15) is 0 Å². The van der Waals surface area contributed by atoms with Crippen LogP contribution in [0.5, 0.6) is 5.75 Å². The van der Waals surface area contributed by atoms with Gasteiger partial charge < -0.3 is 14.6 Å². The maximum Gasteiger partial charge on any atom is 0.175 e. The minimum atomic E-state index is -0.776. The number of phenolic OH excluding ortho intramolecular Hbond substituents is 1. The predicted molar refractivity (Wildman–Crippen MR) is 57.9 cm³/mol. The zero-order valence-electron chi connectivity index (χ0n) is 8.82. The van der Waals surface area contributed by atoms with Crippen molar-refractivity contribution < 1.29 is 14.6 Å². The van der Waals surface area contributed by atoms with Crippen molar-refractivity contribution in [2.24, 2.45) is 0 Å². The SMILES string of the molecule is CC(C)(O)Cc1coc2c(O)cccc12. The average Bonchev–Trinajstić information content (AvgIpc) is 2.48. The van der Waals surface area contributed by atoms with Crippen molar-refractivity contribution in [1.29, 1.82) is 0 Å². The van der Waals surface area contributed by atoms with Crippen LogP contribution in [-0.2, 0) is 6.42 Å². The fraction of sp³-hybridized carbons (Fsp3) is 0.333. The topological polar surface area (TPSA) is 53.6 Å². The molecule has 1 aromatic carbocycles. The zero-order chi connectivity index (χ0) is 11.1. The van der Waals surface area contributed by atoms with Crippen LogP contribution in [0.2, 0.25) is 0 Å². The number of benzene rings is 1. The van der Waals surface area contributed by atoms with Crippen molar-refractivity contribution >= 4 is 11.0 Å². The van der Waals surface area contributed by atoms with E-state index < -0.39 is 5.60 Å². The summed E-state index contributed by atoms with van der Waals surface area (Å²) in [5.74, 6) is 0.134. The summed E-state index contributed by atoms with van der Waals surface area (Å²) in [5, 5.41) is 20.1. The summed E-state index contributed by atoms with van der Waals surface area (Å²) in [7, 11) is 0. The Morgan fingerprint density at radius 1 is 1.33 bits per heavy atom. The van der Waals surface area contributed by atoms with Gasteiger partial charge in [0, 0.05) is 17.4 Å². The van der Waals surface area contributed by atoms with Gasteiger partial charge >= 0.3 is 0 Å². The molecule has 3 nitrogen and oxygen atoms in total. The van der Waals surface area contributed by atoms with Crippen LogP contribution >= 0.6 is 0 Å². The molecule has 2 aromatic rings. The Hall–Kier alpha value is -1.48. The van der Waals surface area contributed by atoms with Crippen LogP contribution in [0.25, 0.3) is 11.0 Å². The molecule has 2 rings (SSSR count). The highest BCUT2D eigenvalue weighted by Crippen LogP contribution is 2.30. The summed E-state index contributed by atoms with van der Waals surface area (Å²) in [6.07, 6.45) is 2.09. The lowest BCUT2D eigenvalue weighted by Gasteiger charge is -2.15. The minimum Gasteiger partial charge on any atom is -0.504 e. The van der Waals surface area contributed by atoms with Gasteiger partial charge in [0.05, 0.1) is 11.9 Å². The first kappa shape index (κ1) is 10.1. The third-order valence-electron chi connectivity index (χ3n) is 2.28. The van der Waals surface area contributed by atoms with Crippen molar-refractivity contribution in [3.63, 3.8) is 0 Å². The van der Waals surface area contributed by atoms with Crippen molar-refractivity contribution in [2.45, 2.75) is 25.9 Å². The van der Waals surface area contributed by atoms with Crippen molar-refractivity contribution in [1.82, 2.24) is 0 Å². The Labute approximate surface area is 88.0 Å². The Balaban J connectivity index is 2.50. The molecule has 1 aromatic heterocycles. The molecule has 0 atom stereocenters. The standard InChI is InChI=1S/C12H14O3/c1-12(2,14)6-8-7-15-11-9(8)4-3-5-10(11)13/h3-5,7,13-14H,6H2,1-2H3. The first-order chi connectivity index (χ1) is 6.97. The number of phenols is 1. The fourth-order valence-electron chi connectivity index (χ4n) is 1.70. The van der Waals surface area contributed by atoms with E-state index in [1.807, 2.05) is 6.07 Å². The molecule has 0 unspecified atom stereocenters. The van der Waals surface area contributed by atoms with Crippen LogP contribution in [0.15, 0.2) is 28.9 Å². The Morgan fingerprint density at radius 2 is 2.07 bits per heavy atom. The van der Waals surface area contributed by atoms with Crippen LogP contribution in [0, 0.1) is 0 Å². The molecule has 2 N–H and O–H groups in total. The van der Waals surface area contributed by atoms with Crippen LogP contribution in [0.1, 0.15) is 19.4 Å². The summed E-state index contributed by atoms with van der Waals surface area (Å²) in [6, 6.07) is 5.22. The lowest BCUT2D eigenvalue weighted by molar-refractivity contribution is 0.0811. The highest BCUT2D eigenvalue weighted by molar-refractivity contribution is 5.85. The lowest BCUT2D eigenvalue weighted by atomic mass is 9.98. The van der Waals surface area contributed by atoms with Gasteiger partial charge in [0.25, 0.3) is 0 Å². The molecule has 1 heterocycles. The number of para-hydroxylation sites is 1. The number of aliphatic hydroxyl groups is 1. The summed E-state index contributed by atoms with van der Waals surface area (Å²) < 4.78 is 5.26. The predicted octanol–water partition coefficient (Wildman–Crippen LogP) is 2.45. The molecule has 0 aliphatic heterocycles. The van der Waals surface area contributed by atoms with E-state index in [1.54, 1.807) is 32.2 Å². The molecule has 0 aliphatic carbocycles. The van der Waals surface area contributed by atoms with E-state index in [-0.39, 0.29) is 5.75 Å². The van der Waals surface area contributed by atoms with Gasteiger partial charge in [-0.1, -0.05) is 12.1 Å². The molecule has 0 radical (unpaired) electrons. The van der Waals surface area contributed by atoms with E-state index in [0.29, 0.717) is 12.0 Å². The quantitative estimate of drug-likeness (QED) is 0.793. The minimum absolute atomic E-state index is 0.134. The molecule has 0 saturated heterocycles. The zero-order valence-corrected chi connectivity index (χ0v) is 8.82. The van der Waals surface area contributed by atoms with E-state index in [0.717, 1.165) is 10.9 Å². The summed E-state index contributed by atoms with van der Waals surface area (Å²) in [6.45, 7) is 3.49. The second kappa shape index (κ2) is 3.28. The Bertz CT molecular complexity index is 477. The highest BCUT2D eigenvalue weighted by atomic mass is 16.3. The number of fused-ring (bicyclic) bond motifs is 1. The Morgan fingerprint density at radius 3 is 2.73 bits per heavy atom. The van der Waals surface area contributed by atoms with Crippen molar-refractivity contribution in [3.8, 4) is 5.75 Å². The number of aromatic hydroxyl groups is 1. The number of rotatable bonds is 2. The molecule has 80 valence electrons. The molecule has 3 heteroatoms. The second-order valence-electron chi connectivity index (χ2n) is 4.40. The van der Waals surface area contributed by atoms with Gasteiger partial charge in [0.15, 0.2) is 11.3 Å². The fourth-order valence-corrected chi connectivity index (χ4v) is 1.70. The third-order valence-corrected chi connectivity index (χ3v) is 2.28. The average molecular weight is 206 g/mol. The monoisotopic (exact) mass is 206 g/mol. The van der Waals surface area contributed by atoms with Crippen molar-refractivity contribution in [3.05, 3.63) is 30.0 Å². The van der Waals surface area contributed by atoms with Gasteiger partial charge in [-0.05, 0) is 19.9 Å². The summed E-state index contributed by atoms with van der Waals surface area (Å²) in [4.78, 5) is 0. The van der Waals surface area contributed by atoms with Crippen LogP contribution < -0.4 is 0 Å². The summed E-state index contributed by atoms with van der Waals surface area (Å²) >= 11 is 0. The first-order valence-electron chi connectivity index (χ1n) is 4.88. The van der Waals surface area contributed by atoms with Crippen LogP contribution in [-0.4, -0.2) is 15.8 Å². The highest BCUT2D eigenvalue weighted by Gasteiger charge is 2.17. The lowest BCUT2D eigenvalue weighted by Crippen LogP contribution is -2.21. The molecule has 0 aliphatic rings. The van der Waals surface area contributed by atoms with Gasteiger partial charge in [-0.25, -0.2) is 0 Å². The largest absolute Gasteiger partial charge is 0.504 e. The maximum atomic E-state index is 9.71. The first-order valence-corrected chi connectivity index (χ1v) is 4.88. The molecule has 0 amide bonds. The second-order valence-corrected chi connectivity index (χ2v) is 4.40. The molecule has 0 saturated carbocycles. The molecule has 0 bridgehead atoms. The smallest absolute Gasteiger partial charge is 0.175 e. The number of furan rings is 1. The van der Waals surface area contributed by atoms with Gasteiger partial charge in [-0.2, -0.15) is 0 Å². The Kier molecular flexibility index (Phi) is 2.20. The van der Waals surface area contributed by atoms with E-state index in [9.17, 15) is 10.2 Å². The van der Waals surface area contributed by atoms with E-state index in [4.69, 9.17) is 4.42 Å². The van der Waals surface area contributed by atoms with Gasteiger partial charge in [-0.15, -0.1) is 0 Å². The van der Waals surface area contributed by atoms with E-state index >= 15 is 0 Å². The third kappa shape index (κ3) is 1.97. The molecule has 15 heavy (non-hydrogen) atoms. The van der Waals surface area contributed by atoms with Crippen LogP contribution in [0.4, 0.5) is 0 Å². The van der Waals surface area contributed by atoms with Crippen molar-refractivity contribution in [2.75, 3.05) is 0 Å². The molecular weight excluding hydrogens is 192 g/mol. The number of hydrogen-bond donors (Lipinski definition) is 2. The molecule has 0 fully saturated rings. The normalized spacial score (nSPS) is 12.2. The van der Waals surface area contributed by atoms with Gasteiger partial charge in [-0.3, -0.25) is 0 Å². The van der Waals surface area contributed by atoms with E-state index in [2.05, 4.69) is 0 Å². The van der Waals surface area contributed by atoms with Crippen LogP contribution in [0.3, 0.4) is 0 Å². The van der Waals surface area contributed by atoms with E-state index in [1.165, 1.54) is 0 Å². The maximum absolute atomic E-state index is 9.71. The summed E-state index contributed by atoms with van der Waals surface area (Å²) in [5.41, 5.74) is 0.618.